The van der Waals surface area contributed by atoms with E-state index in [9.17, 15) is 4.79 Å². The predicted octanol–water partition coefficient (Wildman–Crippen LogP) is 1.66. The van der Waals surface area contributed by atoms with Gasteiger partial charge in [0.15, 0.2) is 23.4 Å². The van der Waals surface area contributed by atoms with Crippen molar-refractivity contribution in [3.8, 4) is 0 Å². The third-order valence-electron chi connectivity index (χ3n) is 2.66. The SMILES string of the molecule is C[C@@H](OC(=O)c1nccnc1N)c1nc(C(C)(C)C)no1. The van der Waals surface area contributed by atoms with E-state index in [0.29, 0.717) is 5.82 Å². The Morgan fingerprint density at radius 3 is 2.57 bits per heavy atom. The van der Waals surface area contributed by atoms with Gasteiger partial charge in [0, 0.05) is 17.8 Å². The fourth-order valence-corrected chi connectivity index (χ4v) is 1.48. The van der Waals surface area contributed by atoms with E-state index in [1.54, 1.807) is 6.92 Å². The smallest absolute Gasteiger partial charge is 0.361 e. The Bertz CT molecular complexity index is 647. The standard InChI is InChI=1S/C13H17N5O3/c1-7(10-17-12(18-21-10)13(2,3)4)20-11(19)8-9(14)16-6-5-15-8/h5-7H,1-4H3,(H2,14,16)/t7-/m1/s1. The molecule has 2 heterocycles. The van der Waals surface area contributed by atoms with Gasteiger partial charge in [-0.1, -0.05) is 25.9 Å². The third-order valence-corrected chi connectivity index (χ3v) is 2.66. The number of hydrogen-bond donors (Lipinski definition) is 1. The highest BCUT2D eigenvalue weighted by molar-refractivity contribution is 5.91. The maximum absolute atomic E-state index is 12.0. The van der Waals surface area contributed by atoms with Crippen LogP contribution in [0.5, 0.6) is 0 Å². The summed E-state index contributed by atoms with van der Waals surface area (Å²) in [5, 5.41) is 3.88. The molecule has 2 N–H and O–H groups in total. The van der Waals surface area contributed by atoms with Gasteiger partial charge in [-0.2, -0.15) is 4.98 Å². The van der Waals surface area contributed by atoms with Crippen LogP contribution in [0.25, 0.3) is 0 Å². The van der Waals surface area contributed by atoms with Crippen LogP contribution in [0.1, 0.15) is 56.0 Å². The van der Waals surface area contributed by atoms with E-state index in [1.807, 2.05) is 20.8 Å². The summed E-state index contributed by atoms with van der Waals surface area (Å²) in [5.74, 6) is 0.0781. The molecule has 0 bridgehead atoms. The molecule has 8 nitrogen and oxygen atoms in total. The molecule has 0 aromatic carbocycles. The van der Waals surface area contributed by atoms with Gasteiger partial charge in [-0.25, -0.2) is 14.8 Å². The van der Waals surface area contributed by atoms with Crippen molar-refractivity contribution < 1.29 is 14.1 Å². The van der Waals surface area contributed by atoms with Gasteiger partial charge in [-0.15, -0.1) is 0 Å². The maximum Gasteiger partial charge on any atom is 0.361 e. The zero-order chi connectivity index (χ0) is 15.6. The summed E-state index contributed by atoms with van der Waals surface area (Å²) in [6, 6.07) is 0. The van der Waals surface area contributed by atoms with E-state index < -0.39 is 12.1 Å². The van der Waals surface area contributed by atoms with Crippen LogP contribution >= 0.6 is 0 Å². The molecule has 0 aliphatic rings. The van der Waals surface area contributed by atoms with Crippen molar-refractivity contribution in [1.82, 2.24) is 20.1 Å². The van der Waals surface area contributed by atoms with Crippen LogP contribution in [0.4, 0.5) is 5.82 Å². The molecule has 0 aliphatic carbocycles. The predicted molar refractivity (Wildman–Crippen MR) is 73.3 cm³/mol. The summed E-state index contributed by atoms with van der Waals surface area (Å²) in [6.07, 6.45) is 2.05. The average Bonchev–Trinajstić information content (AvgIpc) is 2.88. The Morgan fingerprint density at radius 2 is 2.00 bits per heavy atom. The molecule has 2 aromatic rings. The molecule has 112 valence electrons. The molecule has 8 heteroatoms. The number of carbonyl (C=O) groups excluding carboxylic acids is 1. The van der Waals surface area contributed by atoms with Crippen LogP contribution < -0.4 is 5.73 Å². The molecule has 0 aliphatic heterocycles. The summed E-state index contributed by atoms with van der Waals surface area (Å²) < 4.78 is 10.3. The first-order chi connectivity index (χ1) is 9.79. The van der Waals surface area contributed by atoms with Crippen LogP contribution in [-0.4, -0.2) is 26.1 Å². The highest BCUT2D eigenvalue weighted by Crippen LogP contribution is 2.23. The molecule has 21 heavy (non-hydrogen) atoms. The lowest BCUT2D eigenvalue weighted by molar-refractivity contribution is 0.0259. The lowest BCUT2D eigenvalue weighted by Gasteiger charge is -2.11. The van der Waals surface area contributed by atoms with E-state index in [-0.39, 0.29) is 22.8 Å². The molecule has 2 rings (SSSR count). The second-order valence-electron chi connectivity index (χ2n) is 5.54. The van der Waals surface area contributed by atoms with Gasteiger partial charge >= 0.3 is 5.97 Å². The first-order valence-corrected chi connectivity index (χ1v) is 6.40. The third kappa shape index (κ3) is 3.33. The number of esters is 1. The van der Waals surface area contributed by atoms with Gasteiger partial charge in [0.25, 0.3) is 5.89 Å². The molecule has 2 aromatic heterocycles. The van der Waals surface area contributed by atoms with Gasteiger partial charge in [-0.3, -0.25) is 0 Å². The Morgan fingerprint density at radius 1 is 1.33 bits per heavy atom. The van der Waals surface area contributed by atoms with Crippen LogP contribution in [0.15, 0.2) is 16.9 Å². The number of hydrogen-bond acceptors (Lipinski definition) is 8. The van der Waals surface area contributed by atoms with E-state index in [4.69, 9.17) is 15.0 Å². The van der Waals surface area contributed by atoms with Gasteiger partial charge in [-0.05, 0) is 6.92 Å². The second kappa shape index (κ2) is 5.47. The minimum absolute atomic E-state index is 0.00982. The normalized spacial score (nSPS) is 13.0. The van der Waals surface area contributed by atoms with Crippen molar-refractivity contribution in [2.45, 2.75) is 39.2 Å². The van der Waals surface area contributed by atoms with E-state index in [0.717, 1.165) is 0 Å². The number of rotatable bonds is 3. The molecular weight excluding hydrogens is 274 g/mol. The van der Waals surface area contributed by atoms with Crippen LogP contribution in [0.2, 0.25) is 0 Å². The molecule has 0 fully saturated rings. The summed E-state index contributed by atoms with van der Waals surface area (Å²) in [4.78, 5) is 23.8. The van der Waals surface area contributed by atoms with Crippen molar-refractivity contribution in [3.63, 3.8) is 0 Å². The summed E-state index contributed by atoms with van der Waals surface area (Å²) in [6.45, 7) is 7.50. The van der Waals surface area contributed by atoms with E-state index in [1.165, 1.54) is 12.4 Å². The summed E-state index contributed by atoms with van der Waals surface area (Å²) in [5.41, 5.74) is 5.28. The van der Waals surface area contributed by atoms with Gasteiger partial charge in [0.2, 0.25) is 0 Å². The molecule has 1 atom stereocenters. The van der Waals surface area contributed by atoms with E-state index >= 15 is 0 Å². The van der Waals surface area contributed by atoms with Crippen molar-refractivity contribution in [1.29, 1.82) is 0 Å². The quantitative estimate of drug-likeness (QED) is 0.848. The summed E-state index contributed by atoms with van der Waals surface area (Å²) in [7, 11) is 0. The highest BCUT2D eigenvalue weighted by atomic mass is 16.6. The largest absolute Gasteiger partial charge is 0.448 e. The number of aromatic nitrogens is 4. The monoisotopic (exact) mass is 291 g/mol. The molecule has 0 saturated heterocycles. The molecular formula is C13H17N5O3. The topological polar surface area (TPSA) is 117 Å². The minimum atomic E-state index is -0.706. The van der Waals surface area contributed by atoms with Crippen LogP contribution in [0.3, 0.4) is 0 Å². The lowest BCUT2D eigenvalue weighted by Crippen LogP contribution is -2.15. The number of nitrogens with zero attached hydrogens (tertiary/aromatic N) is 4. The van der Waals surface area contributed by atoms with Crippen molar-refractivity contribution in [2.24, 2.45) is 0 Å². The van der Waals surface area contributed by atoms with Gasteiger partial charge in [0.1, 0.15) is 0 Å². The molecule has 0 amide bonds. The van der Waals surface area contributed by atoms with Crippen LogP contribution in [0, 0.1) is 0 Å². The maximum atomic E-state index is 12.0. The van der Waals surface area contributed by atoms with Crippen molar-refractivity contribution in [3.05, 3.63) is 29.8 Å². The molecule has 0 spiro atoms. The number of nitrogens with two attached hydrogens (primary N) is 1. The summed E-state index contributed by atoms with van der Waals surface area (Å²) >= 11 is 0. The fraction of sp³-hybridized carbons (Fsp3) is 0.462. The van der Waals surface area contributed by atoms with Crippen LogP contribution in [-0.2, 0) is 10.2 Å². The highest BCUT2D eigenvalue weighted by Gasteiger charge is 2.26. The Balaban J connectivity index is 2.11. The number of carbonyl (C=O) groups is 1. The zero-order valence-electron chi connectivity index (χ0n) is 12.3. The molecule has 0 unspecified atom stereocenters. The van der Waals surface area contributed by atoms with Gasteiger partial charge in [0.05, 0.1) is 0 Å². The minimum Gasteiger partial charge on any atom is -0.448 e. The Kier molecular flexibility index (Phi) is 3.88. The fourth-order valence-electron chi connectivity index (χ4n) is 1.48. The second-order valence-corrected chi connectivity index (χ2v) is 5.54. The molecule has 0 radical (unpaired) electrons. The first kappa shape index (κ1) is 14.9. The average molecular weight is 291 g/mol. The number of anilines is 1. The molecule has 0 saturated carbocycles. The Hall–Kier alpha value is -2.51. The van der Waals surface area contributed by atoms with Crippen molar-refractivity contribution >= 4 is 11.8 Å². The first-order valence-electron chi connectivity index (χ1n) is 6.40. The Labute approximate surface area is 121 Å². The van der Waals surface area contributed by atoms with Gasteiger partial charge < -0.3 is 15.0 Å². The zero-order valence-corrected chi connectivity index (χ0v) is 12.3. The lowest BCUT2D eigenvalue weighted by atomic mass is 9.96. The van der Waals surface area contributed by atoms with E-state index in [2.05, 4.69) is 20.1 Å². The van der Waals surface area contributed by atoms with Crippen molar-refractivity contribution in [2.75, 3.05) is 5.73 Å². The number of nitrogen functional groups attached to an aromatic ring is 1. The number of ether oxygens (including phenoxy) is 1.